The van der Waals surface area contributed by atoms with Crippen molar-refractivity contribution in [2.45, 2.75) is 51.6 Å². The van der Waals surface area contributed by atoms with Crippen molar-refractivity contribution in [2.24, 2.45) is 0 Å². The van der Waals surface area contributed by atoms with Crippen molar-refractivity contribution in [3.05, 3.63) is 107 Å². The van der Waals surface area contributed by atoms with E-state index in [4.69, 9.17) is 0 Å². The van der Waals surface area contributed by atoms with Gasteiger partial charge in [0.25, 0.3) is 11.8 Å². The lowest BCUT2D eigenvalue weighted by Crippen LogP contribution is -2.50. The molecule has 1 aliphatic heterocycles. The molecule has 0 bridgehead atoms. The van der Waals surface area contributed by atoms with E-state index in [9.17, 15) is 23.6 Å². The van der Waals surface area contributed by atoms with E-state index < -0.39 is 11.9 Å². The van der Waals surface area contributed by atoms with E-state index in [1.165, 1.54) is 11.0 Å². The molecular formula is C32H34FN3O4. The number of nitrogens with one attached hydrogen (secondary N) is 1. The third-order valence-corrected chi connectivity index (χ3v) is 7.05. The summed E-state index contributed by atoms with van der Waals surface area (Å²) in [5, 5.41) is 2.94. The van der Waals surface area contributed by atoms with E-state index in [-0.39, 0.29) is 56.0 Å². The van der Waals surface area contributed by atoms with Crippen LogP contribution in [0.4, 0.5) is 4.39 Å². The molecular weight excluding hydrogens is 509 g/mol. The highest BCUT2D eigenvalue weighted by Crippen LogP contribution is 2.23. The summed E-state index contributed by atoms with van der Waals surface area (Å²) in [6.07, 6.45) is 2.16. The Labute approximate surface area is 234 Å². The molecule has 3 aromatic rings. The van der Waals surface area contributed by atoms with Crippen LogP contribution in [0.2, 0.25) is 0 Å². The minimum Gasteiger partial charge on any atom is -0.354 e. The van der Waals surface area contributed by atoms with Gasteiger partial charge < -0.3 is 10.2 Å². The number of hydrogen-bond donors (Lipinski definition) is 1. The summed E-state index contributed by atoms with van der Waals surface area (Å²) in [5.74, 6) is -1.88. The van der Waals surface area contributed by atoms with Crippen molar-refractivity contribution in [1.82, 2.24) is 15.1 Å². The molecule has 1 atom stereocenters. The van der Waals surface area contributed by atoms with Crippen LogP contribution in [0, 0.1) is 5.82 Å². The molecule has 208 valence electrons. The Bertz CT molecular complexity index is 1330. The van der Waals surface area contributed by atoms with Crippen molar-refractivity contribution in [1.29, 1.82) is 0 Å². The second-order valence-corrected chi connectivity index (χ2v) is 9.87. The number of nitrogens with zero attached hydrogens (tertiary/aromatic N) is 2. The molecule has 4 amide bonds. The molecule has 3 aromatic carbocycles. The average Bonchev–Trinajstić information content (AvgIpc) is 3.21. The summed E-state index contributed by atoms with van der Waals surface area (Å²) >= 11 is 0. The van der Waals surface area contributed by atoms with Gasteiger partial charge in [-0.05, 0) is 36.6 Å². The van der Waals surface area contributed by atoms with Crippen molar-refractivity contribution >= 4 is 23.6 Å². The molecule has 1 heterocycles. The Morgan fingerprint density at radius 3 is 2.15 bits per heavy atom. The van der Waals surface area contributed by atoms with Crippen LogP contribution in [0.25, 0.3) is 0 Å². The number of carbonyl (C=O) groups excluding carboxylic acids is 4. The summed E-state index contributed by atoms with van der Waals surface area (Å²) in [6.45, 7) is 2.48. The van der Waals surface area contributed by atoms with Gasteiger partial charge in [0.2, 0.25) is 11.8 Å². The highest BCUT2D eigenvalue weighted by Gasteiger charge is 2.35. The van der Waals surface area contributed by atoms with Crippen LogP contribution in [-0.4, -0.2) is 52.6 Å². The smallest absolute Gasteiger partial charge is 0.261 e. The number of hydrogen-bond acceptors (Lipinski definition) is 4. The Balaban J connectivity index is 1.54. The molecule has 0 saturated heterocycles. The predicted molar refractivity (Wildman–Crippen MR) is 150 cm³/mol. The van der Waals surface area contributed by atoms with Gasteiger partial charge >= 0.3 is 0 Å². The minimum atomic E-state index is -0.870. The van der Waals surface area contributed by atoms with Crippen LogP contribution in [0.5, 0.6) is 0 Å². The Kier molecular flexibility index (Phi) is 9.78. The molecule has 0 unspecified atom stereocenters. The summed E-state index contributed by atoms with van der Waals surface area (Å²) in [6, 6.07) is 21.3. The Hall–Kier alpha value is -4.33. The zero-order valence-electron chi connectivity index (χ0n) is 22.6. The monoisotopic (exact) mass is 543 g/mol. The largest absolute Gasteiger partial charge is 0.354 e. The maximum Gasteiger partial charge on any atom is 0.261 e. The van der Waals surface area contributed by atoms with Gasteiger partial charge in [-0.3, -0.25) is 24.1 Å². The molecule has 1 aliphatic rings. The summed E-state index contributed by atoms with van der Waals surface area (Å²) < 4.78 is 14.7. The fourth-order valence-corrected chi connectivity index (χ4v) is 4.84. The van der Waals surface area contributed by atoms with Gasteiger partial charge in [0, 0.05) is 38.0 Å². The van der Waals surface area contributed by atoms with Crippen LogP contribution >= 0.6 is 0 Å². The van der Waals surface area contributed by atoms with Crippen LogP contribution in [-0.2, 0) is 22.6 Å². The van der Waals surface area contributed by atoms with Crippen LogP contribution in [0.1, 0.15) is 64.4 Å². The Morgan fingerprint density at radius 1 is 0.875 bits per heavy atom. The summed E-state index contributed by atoms with van der Waals surface area (Å²) in [4.78, 5) is 55.2. The number of amides is 4. The molecule has 0 saturated carbocycles. The SMILES string of the molecule is CCCCNC(=O)[C@@H](Cc1ccccc1)N(Cc1ccccc1F)C(=O)CCCN1C(=O)c2ccccc2C1=O. The van der Waals surface area contributed by atoms with Gasteiger partial charge in [-0.15, -0.1) is 0 Å². The van der Waals surface area contributed by atoms with Crippen LogP contribution in [0.3, 0.4) is 0 Å². The number of rotatable bonds is 13. The van der Waals surface area contributed by atoms with Crippen molar-refractivity contribution in [2.75, 3.05) is 13.1 Å². The number of benzene rings is 3. The van der Waals surface area contributed by atoms with Crippen LogP contribution in [0.15, 0.2) is 78.9 Å². The lowest BCUT2D eigenvalue weighted by Gasteiger charge is -2.32. The zero-order chi connectivity index (χ0) is 28.5. The number of carbonyl (C=O) groups is 4. The molecule has 1 N–H and O–H groups in total. The molecule has 0 aliphatic carbocycles. The summed E-state index contributed by atoms with van der Waals surface area (Å²) in [7, 11) is 0. The first kappa shape index (κ1) is 28.7. The lowest BCUT2D eigenvalue weighted by atomic mass is 10.0. The topological polar surface area (TPSA) is 86.8 Å². The van der Waals surface area contributed by atoms with E-state index >= 15 is 0 Å². The first-order chi connectivity index (χ1) is 19.4. The number of fused-ring (bicyclic) bond motifs is 1. The highest BCUT2D eigenvalue weighted by molar-refractivity contribution is 6.21. The molecule has 8 heteroatoms. The van der Waals surface area contributed by atoms with Crippen molar-refractivity contribution < 1.29 is 23.6 Å². The van der Waals surface area contributed by atoms with E-state index in [1.54, 1.807) is 42.5 Å². The minimum absolute atomic E-state index is 0.0185. The number of halogens is 1. The van der Waals surface area contributed by atoms with Crippen molar-refractivity contribution in [3.8, 4) is 0 Å². The maximum absolute atomic E-state index is 14.7. The molecule has 7 nitrogen and oxygen atoms in total. The Morgan fingerprint density at radius 2 is 1.50 bits per heavy atom. The van der Waals surface area contributed by atoms with E-state index in [0.717, 1.165) is 23.3 Å². The van der Waals surface area contributed by atoms with E-state index in [2.05, 4.69) is 5.32 Å². The van der Waals surface area contributed by atoms with E-state index in [0.29, 0.717) is 23.2 Å². The predicted octanol–water partition coefficient (Wildman–Crippen LogP) is 4.76. The van der Waals surface area contributed by atoms with Gasteiger partial charge in [-0.1, -0.05) is 74.0 Å². The molecule has 0 fully saturated rings. The van der Waals surface area contributed by atoms with Crippen LogP contribution < -0.4 is 5.32 Å². The highest BCUT2D eigenvalue weighted by atomic mass is 19.1. The maximum atomic E-state index is 14.7. The normalized spacial score (nSPS) is 13.2. The average molecular weight is 544 g/mol. The molecule has 4 rings (SSSR count). The third kappa shape index (κ3) is 6.81. The molecule has 0 radical (unpaired) electrons. The first-order valence-electron chi connectivity index (χ1n) is 13.7. The van der Waals surface area contributed by atoms with Crippen molar-refractivity contribution in [3.63, 3.8) is 0 Å². The van der Waals surface area contributed by atoms with Gasteiger partial charge in [0.05, 0.1) is 11.1 Å². The first-order valence-corrected chi connectivity index (χ1v) is 13.7. The van der Waals surface area contributed by atoms with Gasteiger partial charge in [0.1, 0.15) is 11.9 Å². The molecule has 0 spiro atoms. The second-order valence-electron chi connectivity index (χ2n) is 9.87. The molecule has 40 heavy (non-hydrogen) atoms. The molecule has 0 aromatic heterocycles. The van der Waals surface area contributed by atoms with E-state index in [1.807, 2.05) is 37.3 Å². The second kappa shape index (κ2) is 13.6. The van der Waals surface area contributed by atoms with Gasteiger partial charge in [0.15, 0.2) is 0 Å². The van der Waals surface area contributed by atoms with Gasteiger partial charge in [-0.25, -0.2) is 4.39 Å². The zero-order valence-corrected chi connectivity index (χ0v) is 22.6. The number of imide groups is 1. The third-order valence-electron chi connectivity index (χ3n) is 7.05. The number of unbranched alkanes of at least 4 members (excludes halogenated alkanes) is 1. The quantitative estimate of drug-likeness (QED) is 0.249. The van der Waals surface area contributed by atoms with Gasteiger partial charge in [-0.2, -0.15) is 0 Å². The standard InChI is InChI=1S/C32H34FN3O4/c1-2-3-19-34-30(38)28(21-23-12-5-4-6-13-23)36(22-24-14-7-10-17-27(24)33)29(37)18-11-20-35-31(39)25-15-8-9-16-26(25)32(35)40/h4-10,12-17,28H,2-3,11,18-22H2,1H3,(H,34,38)/t28-/m1/s1. The summed E-state index contributed by atoms with van der Waals surface area (Å²) in [5.41, 5.74) is 1.88. The fraction of sp³-hybridized carbons (Fsp3) is 0.312. The fourth-order valence-electron chi connectivity index (χ4n) is 4.84. The lowest BCUT2D eigenvalue weighted by molar-refractivity contribution is -0.141.